The maximum absolute atomic E-state index is 12.5. The van der Waals surface area contributed by atoms with Gasteiger partial charge in [-0.05, 0) is 43.5 Å². The van der Waals surface area contributed by atoms with Crippen molar-refractivity contribution in [2.45, 2.75) is 38.0 Å². The van der Waals surface area contributed by atoms with Gasteiger partial charge in [0.05, 0.1) is 18.1 Å². The van der Waals surface area contributed by atoms with Crippen LogP contribution in [0.2, 0.25) is 0 Å². The number of rotatable bonds is 6. The number of halogens is 3. The molecule has 0 spiro atoms. The number of benzene rings is 1. The zero-order valence-corrected chi connectivity index (χ0v) is 13.5. The van der Waals surface area contributed by atoms with Gasteiger partial charge in [-0.15, -0.1) is 0 Å². The Morgan fingerprint density at radius 1 is 1.21 bits per heavy atom. The number of nitrogens with zero attached hydrogens (tertiary/aromatic N) is 1. The van der Waals surface area contributed by atoms with Crippen molar-refractivity contribution in [3.8, 4) is 0 Å². The molecule has 2 rings (SSSR count). The van der Waals surface area contributed by atoms with Crippen LogP contribution in [0.15, 0.2) is 24.3 Å². The third-order valence-electron chi connectivity index (χ3n) is 4.13. The van der Waals surface area contributed by atoms with Crippen molar-refractivity contribution >= 4 is 5.91 Å². The van der Waals surface area contributed by atoms with Crippen LogP contribution in [0.1, 0.15) is 30.4 Å². The second-order valence-corrected chi connectivity index (χ2v) is 5.96. The maximum atomic E-state index is 12.5. The van der Waals surface area contributed by atoms with E-state index in [9.17, 15) is 18.0 Å². The van der Waals surface area contributed by atoms with Crippen molar-refractivity contribution in [3.05, 3.63) is 35.4 Å². The lowest BCUT2D eigenvalue weighted by Crippen LogP contribution is -2.41. The molecule has 1 aromatic carbocycles. The molecule has 2 N–H and O–H groups in total. The number of likely N-dealkylation sites (tertiary alicyclic amines) is 1. The number of hydrogen-bond donors (Lipinski definition) is 1. The summed E-state index contributed by atoms with van der Waals surface area (Å²) in [7, 11) is 0. The summed E-state index contributed by atoms with van der Waals surface area (Å²) >= 11 is 0. The monoisotopic (exact) mass is 344 g/mol. The number of carbonyl (C=O) groups is 1. The van der Waals surface area contributed by atoms with E-state index < -0.39 is 11.7 Å². The van der Waals surface area contributed by atoms with Crippen LogP contribution in [0.25, 0.3) is 0 Å². The smallest absolute Gasteiger partial charge is 0.378 e. The van der Waals surface area contributed by atoms with E-state index in [0.29, 0.717) is 31.8 Å². The molecule has 1 amide bonds. The van der Waals surface area contributed by atoms with E-state index in [-0.39, 0.29) is 18.4 Å². The van der Waals surface area contributed by atoms with E-state index >= 15 is 0 Å². The molecule has 0 aliphatic carbocycles. The molecule has 0 bridgehead atoms. The quantitative estimate of drug-likeness (QED) is 0.807. The Morgan fingerprint density at radius 3 is 2.38 bits per heavy atom. The average Bonchev–Trinajstić information content (AvgIpc) is 2.55. The number of nitrogens with two attached hydrogens (primary N) is 1. The number of carbonyl (C=O) groups excluding carboxylic acids is 1. The molecule has 4 nitrogen and oxygen atoms in total. The molecule has 0 aromatic heterocycles. The Kier molecular flexibility index (Phi) is 6.62. The van der Waals surface area contributed by atoms with Gasteiger partial charge in [-0.2, -0.15) is 13.2 Å². The number of piperidine rings is 1. The minimum absolute atomic E-state index is 0.0600. The molecular weight excluding hydrogens is 321 g/mol. The minimum atomic E-state index is -4.35. The van der Waals surface area contributed by atoms with Gasteiger partial charge in [0, 0.05) is 19.7 Å². The summed E-state index contributed by atoms with van der Waals surface area (Å²) < 4.78 is 43.3. The second-order valence-electron chi connectivity index (χ2n) is 5.96. The molecule has 7 heteroatoms. The van der Waals surface area contributed by atoms with Crippen LogP contribution >= 0.6 is 0 Å². The molecule has 0 unspecified atom stereocenters. The van der Waals surface area contributed by atoms with E-state index in [4.69, 9.17) is 10.5 Å². The topological polar surface area (TPSA) is 55.6 Å². The van der Waals surface area contributed by atoms with Gasteiger partial charge in [0.2, 0.25) is 5.91 Å². The molecule has 1 heterocycles. The molecule has 1 aromatic rings. The highest BCUT2D eigenvalue weighted by Gasteiger charge is 2.30. The highest BCUT2D eigenvalue weighted by molar-refractivity contribution is 5.78. The first-order valence-electron chi connectivity index (χ1n) is 8.15. The van der Waals surface area contributed by atoms with Crippen LogP contribution in [0, 0.1) is 0 Å². The van der Waals surface area contributed by atoms with Crippen LogP contribution in [0.3, 0.4) is 0 Å². The summed E-state index contributed by atoms with van der Waals surface area (Å²) in [6.07, 6.45) is -1.68. The lowest BCUT2D eigenvalue weighted by Gasteiger charge is -2.32. The van der Waals surface area contributed by atoms with E-state index in [1.54, 1.807) is 4.90 Å². The second kappa shape index (κ2) is 8.48. The van der Waals surface area contributed by atoms with Crippen molar-refractivity contribution in [1.29, 1.82) is 0 Å². The Balaban J connectivity index is 1.79. The van der Waals surface area contributed by atoms with Gasteiger partial charge in [-0.3, -0.25) is 4.79 Å². The number of ether oxygens (including phenoxy) is 1. The first kappa shape index (κ1) is 18.7. The summed E-state index contributed by atoms with van der Waals surface area (Å²) in [6, 6.07) is 4.76. The summed E-state index contributed by atoms with van der Waals surface area (Å²) in [4.78, 5) is 14.0. The van der Waals surface area contributed by atoms with Crippen molar-refractivity contribution in [3.63, 3.8) is 0 Å². The normalized spacial score (nSPS) is 16.4. The summed E-state index contributed by atoms with van der Waals surface area (Å²) in [5, 5.41) is 0. The van der Waals surface area contributed by atoms with Crippen LogP contribution in [-0.2, 0) is 22.1 Å². The average molecular weight is 344 g/mol. The zero-order chi connectivity index (χ0) is 17.6. The standard InChI is InChI=1S/C17H23F3N2O2/c18-17(19,20)14-4-2-13(3-5-14)12-16(23)22-9-6-15(7-10-22)24-11-1-8-21/h2-5,15H,1,6-12,21H2. The van der Waals surface area contributed by atoms with E-state index in [2.05, 4.69) is 0 Å². The van der Waals surface area contributed by atoms with Crippen molar-refractivity contribution < 1.29 is 22.7 Å². The predicted molar refractivity (Wildman–Crippen MR) is 84.4 cm³/mol. The Morgan fingerprint density at radius 2 is 1.83 bits per heavy atom. The van der Waals surface area contributed by atoms with Crippen molar-refractivity contribution in [2.75, 3.05) is 26.2 Å². The predicted octanol–water partition coefficient (Wildman–Crippen LogP) is 2.60. The molecular formula is C17H23F3N2O2. The first-order chi connectivity index (χ1) is 11.4. The molecule has 0 saturated carbocycles. The van der Waals surface area contributed by atoms with Gasteiger partial charge in [0.15, 0.2) is 0 Å². The summed E-state index contributed by atoms with van der Waals surface area (Å²) in [5.74, 6) is -0.0600. The SMILES string of the molecule is NCCCOC1CCN(C(=O)Cc2ccc(C(F)(F)F)cc2)CC1. The fourth-order valence-electron chi connectivity index (χ4n) is 2.70. The summed E-state index contributed by atoms with van der Waals surface area (Å²) in [5.41, 5.74) is 5.31. The number of amides is 1. The minimum Gasteiger partial charge on any atom is -0.378 e. The van der Waals surface area contributed by atoms with Gasteiger partial charge in [-0.1, -0.05) is 12.1 Å². The van der Waals surface area contributed by atoms with E-state index in [0.717, 1.165) is 31.4 Å². The van der Waals surface area contributed by atoms with E-state index in [1.165, 1.54) is 12.1 Å². The Labute approximate surface area is 139 Å². The highest BCUT2D eigenvalue weighted by atomic mass is 19.4. The van der Waals surface area contributed by atoms with E-state index in [1.807, 2.05) is 0 Å². The van der Waals surface area contributed by atoms with Gasteiger partial charge < -0.3 is 15.4 Å². The van der Waals surface area contributed by atoms with Gasteiger partial charge >= 0.3 is 6.18 Å². The molecule has 1 saturated heterocycles. The van der Waals surface area contributed by atoms with Gasteiger partial charge in [0.25, 0.3) is 0 Å². The van der Waals surface area contributed by atoms with Crippen LogP contribution < -0.4 is 5.73 Å². The van der Waals surface area contributed by atoms with Crippen LogP contribution in [-0.4, -0.2) is 43.2 Å². The van der Waals surface area contributed by atoms with Gasteiger partial charge in [0.1, 0.15) is 0 Å². The fraction of sp³-hybridized carbons (Fsp3) is 0.588. The molecule has 24 heavy (non-hydrogen) atoms. The van der Waals surface area contributed by atoms with Gasteiger partial charge in [-0.25, -0.2) is 0 Å². The maximum Gasteiger partial charge on any atom is 0.416 e. The molecule has 134 valence electrons. The lowest BCUT2D eigenvalue weighted by molar-refractivity contribution is -0.137. The fourth-order valence-corrected chi connectivity index (χ4v) is 2.70. The molecule has 1 fully saturated rings. The third kappa shape index (κ3) is 5.49. The highest BCUT2D eigenvalue weighted by Crippen LogP contribution is 2.29. The van der Waals surface area contributed by atoms with Crippen LogP contribution in [0.4, 0.5) is 13.2 Å². The first-order valence-corrected chi connectivity index (χ1v) is 8.15. The van der Waals surface area contributed by atoms with Crippen molar-refractivity contribution in [1.82, 2.24) is 4.90 Å². The zero-order valence-electron chi connectivity index (χ0n) is 13.5. The molecule has 1 aliphatic heterocycles. The number of hydrogen-bond acceptors (Lipinski definition) is 3. The largest absolute Gasteiger partial charge is 0.416 e. The lowest BCUT2D eigenvalue weighted by atomic mass is 10.0. The number of alkyl halides is 3. The Bertz CT molecular complexity index is 524. The molecule has 0 atom stereocenters. The van der Waals surface area contributed by atoms with Crippen LogP contribution in [0.5, 0.6) is 0 Å². The third-order valence-corrected chi connectivity index (χ3v) is 4.13. The molecule has 0 radical (unpaired) electrons. The summed E-state index contributed by atoms with van der Waals surface area (Å²) in [6.45, 7) is 2.48. The molecule has 1 aliphatic rings. The Hall–Kier alpha value is -1.60. The van der Waals surface area contributed by atoms with Crippen molar-refractivity contribution in [2.24, 2.45) is 5.73 Å².